The first-order valence-electron chi connectivity index (χ1n) is 12.1. The van der Waals surface area contributed by atoms with E-state index in [1.54, 1.807) is 57.4 Å². The minimum Gasteiger partial charge on any atom is -0.497 e. The molecule has 2 amide bonds. The number of likely N-dealkylation sites (N-methyl/N-ethyl adjacent to an activating group) is 1. The molecule has 0 saturated carbocycles. The smallest absolute Gasteiger partial charge is 0.264 e. The van der Waals surface area contributed by atoms with E-state index in [2.05, 4.69) is 5.32 Å². The van der Waals surface area contributed by atoms with E-state index in [4.69, 9.17) is 4.74 Å². The Labute approximate surface area is 223 Å². The Kier molecular flexibility index (Phi) is 9.46. The van der Waals surface area contributed by atoms with E-state index < -0.39 is 34.3 Å². The third kappa shape index (κ3) is 6.89. The van der Waals surface area contributed by atoms with Crippen molar-refractivity contribution in [3.8, 4) is 5.75 Å². The highest BCUT2D eigenvalue weighted by Crippen LogP contribution is 2.25. The van der Waals surface area contributed by atoms with Gasteiger partial charge in [-0.1, -0.05) is 29.8 Å². The lowest BCUT2D eigenvalue weighted by molar-refractivity contribution is -0.139. The molecule has 1 unspecified atom stereocenters. The second-order valence-electron chi connectivity index (χ2n) is 8.74. The molecule has 0 radical (unpaired) electrons. The summed E-state index contributed by atoms with van der Waals surface area (Å²) in [5.41, 5.74) is 1.72. The lowest BCUT2D eigenvalue weighted by Crippen LogP contribution is -2.51. The van der Waals surface area contributed by atoms with Crippen LogP contribution in [-0.4, -0.2) is 51.4 Å². The highest BCUT2D eigenvalue weighted by molar-refractivity contribution is 7.92. The first-order valence-corrected chi connectivity index (χ1v) is 13.6. The number of hydrogen-bond acceptors (Lipinski definition) is 5. The molecule has 202 valence electrons. The molecule has 0 aliphatic heterocycles. The third-order valence-electron chi connectivity index (χ3n) is 6.03. The van der Waals surface area contributed by atoms with E-state index in [0.717, 1.165) is 27.6 Å². The van der Waals surface area contributed by atoms with Crippen LogP contribution in [-0.2, 0) is 26.2 Å². The molecule has 3 aromatic rings. The van der Waals surface area contributed by atoms with Gasteiger partial charge in [0.05, 0.1) is 17.7 Å². The number of methoxy groups -OCH3 is 1. The van der Waals surface area contributed by atoms with E-state index in [9.17, 15) is 22.4 Å². The van der Waals surface area contributed by atoms with Crippen molar-refractivity contribution in [2.45, 2.75) is 38.3 Å². The molecule has 0 aliphatic rings. The summed E-state index contributed by atoms with van der Waals surface area (Å²) in [5, 5.41) is 2.71. The van der Waals surface area contributed by atoms with Gasteiger partial charge in [0, 0.05) is 13.1 Å². The normalized spacial score (nSPS) is 11.9. The van der Waals surface area contributed by atoms with Crippen molar-refractivity contribution in [1.82, 2.24) is 10.2 Å². The predicted molar refractivity (Wildman–Crippen MR) is 144 cm³/mol. The molecule has 10 heteroatoms. The number of sulfonamides is 1. The molecule has 0 fully saturated rings. The molecule has 1 N–H and O–H groups in total. The fraction of sp³-hybridized carbons (Fsp3) is 0.286. The Morgan fingerprint density at radius 2 is 1.58 bits per heavy atom. The maximum absolute atomic E-state index is 13.7. The summed E-state index contributed by atoms with van der Waals surface area (Å²) in [6, 6.07) is 17.2. The summed E-state index contributed by atoms with van der Waals surface area (Å²) in [5.74, 6) is -0.877. The number of benzene rings is 3. The summed E-state index contributed by atoms with van der Waals surface area (Å²) >= 11 is 0. The summed E-state index contributed by atoms with van der Waals surface area (Å²) in [6.07, 6.45) is 0. The van der Waals surface area contributed by atoms with Gasteiger partial charge in [-0.3, -0.25) is 13.9 Å². The average Bonchev–Trinajstić information content (AvgIpc) is 2.91. The van der Waals surface area contributed by atoms with Crippen LogP contribution in [0.3, 0.4) is 0 Å². The molecule has 0 saturated heterocycles. The van der Waals surface area contributed by atoms with Gasteiger partial charge < -0.3 is 15.0 Å². The van der Waals surface area contributed by atoms with Gasteiger partial charge in [-0.25, -0.2) is 12.8 Å². The Hall–Kier alpha value is -3.92. The van der Waals surface area contributed by atoms with Crippen LogP contribution in [0.4, 0.5) is 10.1 Å². The van der Waals surface area contributed by atoms with Crippen molar-refractivity contribution in [1.29, 1.82) is 0 Å². The van der Waals surface area contributed by atoms with Gasteiger partial charge in [-0.15, -0.1) is 0 Å². The van der Waals surface area contributed by atoms with Crippen LogP contribution in [0.5, 0.6) is 5.75 Å². The highest BCUT2D eigenvalue weighted by atomic mass is 32.2. The molecule has 0 aliphatic carbocycles. The number of halogens is 1. The van der Waals surface area contributed by atoms with Gasteiger partial charge >= 0.3 is 0 Å². The first kappa shape index (κ1) is 28.6. The summed E-state index contributed by atoms with van der Waals surface area (Å²) < 4.78 is 47.2. The van der Waals surface area contributed by atoms with E-state index in [1.165, 1.54) is 29.2 Å². The zero-order valence-corrected chi connectivity index (χ0v) is 22.7. The predicted octanol–water partition coefficient (Wildman–Crippen LogP) is 3.89. The second-order valence-corrected chi connectivity index (χ2v) is 10.6. The zero-order valence-electron chi connectivity index (χ0n) is 21.8. The number of nitrogens with one attached hydrogen (secondary N) is 1. The molecule has 1 atom stereocenters. The number of ether oxygens (including phenoxy) is 1. The van der Waals surface area contributed by atoms with Crippen LogP contribution in [0.1, 0.15) is 25.0 Å². The highest BCUT2D eigenvalue weighted by Gasteiger charge is 2.32. The number of hydrogen-bond donors (Lipinski definition) is 1. The standard InChI is InChI=1S/C28H32FN3O5S/c1-5-30-28(34)21(3)31(18-22-8-14-25(37-4)15-9-22)27(33)19-32(24-12-10-23(29)11-13-24)38(35,36)26-16-6-20(2)7-17-26/h6-17,21H,5,18-19H2,1-4H3,(H,30,34). The number of nitrogens with zero attached hydrogens (tertiary/aromatic N) is 2. The summed E-state index contributed by atoms with van der Waals surface area (Å²) in [7, 11) is -2.66. The minimum atomic E-state index is -4.20. The number of amides is 2. The van der Waals surface area contributed by atoms with Crippen LogP contribution < -0.4 is 14.4 Å². The zero-order chi connectivity index (χ0) is 27.9. The molecule has 8 nitrogen and oxygen atoms in total. The van der Waals surface area contributed by atoms with Crippen molar-refractivity contribution in [3.63, 3.8) is 0 Å². The van der Waals surface area contributed by atoms with Crippen LogP contribution in [0.15, 0.2) is 77.7 Å². The first-order chi connectivity index (χ1) is 18.1. The number of carbonyl (C=O) groups is 2. The lowest BCUT2D eigenvalue weighted by atomic mass is 10.1. The lowest BCUT2D eigenvalue weighted by Gasteiger charge is -2.32. The van der Waals surface area contributed by atoms with E-state index in [1.807, 2.05) is 6.92 Å². The van der Waals surface area contributed by atoms with Crippen LogP contribution >= 0.6 is 0 Å². The van der Waals surface area contributed by atoms with Crippen molar-refractivity contribution in [2.75, 3.05) is 24.5 Å². The van der Waals surface area contributed by atoms with Crippen LogP contribution in [0.25, 0.3) is 0 Å². The van der Waals surface area contributed by atoms with Gasteiger partial charge in [0.15, 0.2) is 0 Å². The topological polar surface area (TPSA) is 96.0 Å². The van der Waals surface area contributed by atoms with Gasteiger partial charge in [-0.2, -0.15) is 0 Å². The Balaban J connectivity index is 2.01. The minimum absolute atomic E-state index is 0.0151. The van der Waals surface area contributed by atoms with Gasteiger partial charge in [0.2, 0.25) is 11.8 Å². The molecular formula is C28H32FN3O5S. The number of rotatable bonds is 11. The second kappa shape index (κ2) is 12.6. The molecule has 0 heterocycles. The van der Waals surface area contributed by atoms with E-state index in [-0.39, 0.29) is 23.0 Å². The van der Waals surface area contributed by atoms with Crippen LogP contribution in [0.2, 0.25) is 0 Å². The van der Waals surface area contributed by atoms with Crippen molar-refractivity contribution in [3.05, 3.63) is 89.7 Å². The van der Waals surface area contributed by atoms with Gasteiger partial charge in [0.25, 0.3) is 10.0 Å². The molecular weight excluding hydrogens is 509 g/mol. The molecule has 3 aromatic carbocycles. The molecule has 3 rings (SSSR count). The molecule has 0 spiro atoms. The number of carbonyl (C=O) groups excluding carboxylic acids is 2. The Morgan fingerprint density at radius 3 is 2.13 bits per heavy atom. The average molecular weight is 542 g/mol. The number of anilines is 1. The SMILES string of the molecule is CCNC(=O)C(C)N(Cc1ccc(OC)cc1)C(=O)CN(c1ccc(F)cc1)S(=O)(=O)c1ccc(C)cc1. The Morgan fingerprint density at radius 1 is 0.974 bits per heavy atom. The van der Waals surface area contributed by atoms with Crippen molar-refractivity contribution in [2.24, 2.45) is 0 Å². The largest absolute Gasteiger partial charge is 0.497 e. The molecule has 0 bridgehead atoms. The quantitative estimate of drug-likeness (QED) is 0.397. The Bertz CT molecular complexity index is 1340. The molecule has 0 aromatic heterocycles. The third-order valence-corrected chi connectivity index (χ3v) is 7.82. The maximum Gasteiger partial charge on any atom is 0.264 e. The van der Waals surface area contributed by atoms with Crippen molar-refractivity contribution >= 4 is 27.5 Å². The summed E-state index contributed by atoms with van der Waals surface area (Å²) in [4.78, 5) is 27.8. The van der Waals surface area contributed by atoms with E-state index >= 15 is 0 Å². The summed E-state index contributed by atoms with van der Waals surface area (Å²) in [6.45, 7) is 5.02. The van der Waals surface area contributed by atoms with Crippen molar-refractivity contribution < 1.29 is 27.1 Å². The molecule has 38 heavy (non-hydrogen) atoms. The fourth-order valence-corrected chi connectivity index (χ4v) is 5.22. The fourth-order valence-electron chi connectivity index (χ4n) is 3.81. The van der Waals surface area contributed by atoms with Gasteiger partial charge in [-0.05, 0) is 74.9 Å². The van der Waals surface area contributed by atoms with E-state index in [0.29, 0.717) is 12.3 Å². The number of aryl methyl sites for hydroxylation is 1. The monoisotopic (exact) mass is 541 g/mol. The maximum atomic E-state index is 13.7. The van der Waals surface area contributed by atoms with Gasteiger partial charge in [0.1, 0.15) is 24.2 Å². The van der Waals surface area contributed by atoms with Crippen LogP contribution in [0, 0.1) is 12.7 Å².